The van der Waals surface area contributed by atoms with Crippen molar-refractivity contribution in [2.75, 3.05) is 0 Å². The summed E-state index contributed by atoms with van der Waals surface area (Å²) in [7, 11) is 0. The van der Waals surface area contributed by atoms with Crippen LogP contribution in [0.1, 0.15) is 31.2 Å². The fourth-order valence-corrected chi connectivity index (χ4v) is 3.95. The number of ether oxygens (including phenoxy) is 2. The number of aryl methyl sites for hydroxylation is 1. The molecule has 2 aliphatic rings. The third kappa shape index (κ3) is 4.74. The van der Waals surface area contributed by atoms with Gasteiger partial charge in [-0.05, 0) is 43.1 Å². The molecule has 4 unspecified atom stereocenters. The molecule has 1 saturated heterocycles. The van der Waals surface area contributed by atoms with Gasteiger partial charge in [0.2, 0.25) is 6.10 Å². The number of alkyl halides is 3. The summed E-state index contributed by atoms with van der Waals surface area (Å²) in [6, 6.07) is 9.77. The minimum atomic E-state index is -4.98. The molecule has 3 rings (SSSR count). The first kappa shape index (κ1) is 17.8. The zero-order valence-electron chi connectivity index (χ0n) is 13.5. The maximum Gasteiger partial charge on any atom is 0.575 e. The van der Waals surface area contributed by atoms with Crippen LogP contribution in [0.3, 0.4) is 0 Å². The minimum Gasteiger partial charge on any atom is -0.447 e. The zero-order chi connectivity index (χ0) is 18.0. The molecule has 1 aliphatic heterocycles. The van der Waals surface area contributed by atoms with Gasteiger partial charge in [0, 0.05) is 12.3 Å². The number of hydrogen-bond acceptors (Lipinski definition) is 4. The molecule has 0 N–H and O–H groups in total. The van der Waals surface area contributed by atoms with E-state index in [0.29, 0.717) is 6.42 Å². The summed E-state index contributed by atoms with van der Waals surface area (Å²) in [4.78, 5) is 22.9. The Morgan fingerprint density at radius 3 is 2.48 bits per heavy atom. The van der Waals surface area contributed by atoms with Crippen LogP contribution in [0.25, 0.3) is 0 Å². The van der Waals surface area contributed by atoms with Crippen LogP contribution in [-0.2, 0) is 25.5 Å². The van der Waals surface area contributed by atoms with Crippen LogP contribution in [0.4, 0.5) is 13.2 Å². The second-order valence-electron chi connectivity index (χ2n) is 6.67. The van der Waals surface area contributed by atoms with E-state index >= 15 is 0 Å². The average molecular weight is 356 g/mol. The summed E-state index contributed by atoms with van der Waals surface area (Å²) < 4.78 is 45.2. The normalized spacial score (nSPS) is 28.5. The average Bonchev–Trinajstić information content (AvgIpc) is 3.12. The quantitative estimate of drug-likeness (QED) is 0.577. The summed E-state index contributed by atoms with van der Waals surface area (Å²) in [5.41, 5.74) is 1.14. The predicted molar refractivity (Wildman–Crippen MR) is 81.1 cm³/mol. The van der Waals surface area contributed by atoms with Crippen LogP contribution in [0, 0.1) is 17.8 Å². The first-order chi connectivity index (χ1) is 11.8. The van der Waals surface area contributed by atoms with Gasteiger partial charge in [0.1, 0.15) is 0 Å². The van der Waals surface area contributed by atoms with Gasteiger partial charge in [0.25, 0.3) is 0 Å². The highest BCUT2D eigenvalue weighted by atomic mass is 19.4. The van der Waals surface area contributed by atoms with Gasteiger partial charge in [0.05, 0.1) is 0 Å². The molecule has 1 aromatic carbocycles. The molecule has 7 heteroatoms. The molecule has 0 bridgehead atoms. The van der Waals surface area contributed by atoms with Crippen molar-refractivity contribution in [3.05, 3.63) is 35.9 Å². The maximum absolute atomic E-state index is 12.3. The lowest BCUT2D eigenvalue weighted by atomic mass is 9.82. The lowest BCUT2D eigenvalue weighted by Crippen LogP contribution is -2.27. The highest BCUT2D eigenvalue weighted by Crippen LogP contribution is 2.47. The number of rotatable bonds is 6. The van der Waals surface area contributed by atoms with Crippen molar-refractivity contribution in [3.63, 3.8) is 0 Å². The minimum absolute atomic E-state index is 0.0722. The van der Waals surface area contributed by atoms with Crippen LogP contribution in [0.15, 0.2) is 30.3 Å². The molecule has 4 nitrogen and oxygen atoms in total. The molecule has 1 saturated carbocycles. The van der Waals surface area contributed by atoms with E-state index < -0.39 is 18.4 Å². The van der Waals surface area contributed by atoms with E-state index in [1.807, 2.05) is 30.3 Å². The number of cyclic esters (lactones) is 1. The number of carbonyl (C=O) groups is 2. The zero-order valence-corrected chi connectivity index (χ0v) is 13.5. The molecule has 4 atom stereocenters. The first-order valence-corrected chi connectivity index (χ1v) is 8.36. The van der Waals surface area contributed by atoms with Crippen molar-refractivity contribution in [2.45, 2.75) is 44.6 Å². The molecule has 0 aromatic heterocycles. The number of epoxide rings is 1. The Bertz CT molecular complexity index is 629. The van der Waals surface area contributed by atoms with Crippen molar-refractivity contribution >= 4 is 11.9 Å². The van der Waals surface area contributed by atoms with Gasteiger partial charge >= 0.3 is 18.3 Å². The number of carbonyl (C=O) groups excluding carboxylic acids is 2. The Morgan fingerprint density at radius 2 is 1.88 bits per heavy atom. The summed E-state index contributed by atoms with van der Waals surface area (Å²) in [6.45, 7) is 0. The van der Waals surface area contributed by atoms with E-state index in [2.05, 4.69) is 4.74 Å². The Balaban J connectivity index is 1.63. The van der Waals surface area contributed by atoms with Crippen LogP contribution in [0.2, 0.25) is 0 Å². The van der Waals surface area contributed by atoms with Gasteiger partial charge in [-0.3, -0.25) is 4.79 Å². The van der Waals surface area contributed by atoms with Gasteiger partial charge in [-0.25, -0.2) is 4.79 Å². The Hall–Kier alpha value is -2.05. The van der Waals surface area contributed by atoms with Gasteiger partial charge in [-0.15, -0.1) is 13.2 Å². The molecule has 2 fully saturated rings. The van der Waals surface area contributed by atoms with Gasteiger partial charge in [0.15, 0.2) is 0 Å². The molecular formula is C18H19F3O4. The molecule has 25 heavy (non-hydrogen) atoms. The number of esters is 1. The van der Waals surface area contributed by atoms with E-state index in [4.69, 9.17) is 4.74 Å². The topological polar surface area (TPSA) is 55.9 Å². The third-order valence-electron chi connectivity index (χ3n) is 5.11. The van der Waals surface area contributed by atoms with E-state index in [9.17, 15) is 22.8 Å². The van der Waals surface area contributed by atoms with Crippen molar-refractivity contribution in [3.8, 4) is 0 Å². The molecule has 1 aliphatic carbocycles. The van der Waals surface area contributed by atoms with Crippen molar-refractivity contribution < 1.29 is 32.2 Å². The fraction of sp³-hybridized carbons (Fsp3) is 0.556. The van der Waals surface area contributed by atoms with Crippen LogP contribution in [0.5, 0.6) is 0 Å². The van der Waals surface area contributed by atoms with E-state index in [1.165, 1.54) is 0 Å². The second kappa shape index (κ2) is 7.06. The Kier molecular flexibility index (Phi) is 5.01. The largest absolute Gasteiger partial charge is 0.575 e. The summed E-state index contributed by atoms with van der Waals surface area (Å²) >= 11 is 0. The first-order valence-electron chi connectivity index (χ1n) is 8.36. The SMILES string of the molecule is O=C(CC1C(CCc2ccccc2)CCC1C1OC1=O)OC(F)(F)F. The van der Waals surface area contributed by atoms with Gasteiger partial charge in [-0.2, -0.15) is 0 Å². The molecule has 0 amide bonds. The monoisotopic (exact) mass is 356 g/mol. The second-order valence-corrected chi connectivity index (χ2v) is 6.67. The van der Waals surface area contributed by atoms with Crippen LogP contribution < -0.4 is 0 Å². The standard InChI is InChI=1S/C18H19F3O4/c19-18(20,21)25-15(22)10-14-12(7-6-11-4-2-1-3-5-11)8-9-13(14)16-17(23)24-16/h1-5,12-14,16H,6-10H2. The maximum atomic E-state index is 12.3. The number of hydrogen-bond donors (Lipinski definition) is 0. The molecule has 1 aromatic rings. The highest BCUT2D eigenvalue weighted by molar-refractivity contribution is 5.87. The van der Waals surface area contributed by atoms with E-state index in [0.717, 1.165) is 24.8 Å². The highest BCUT2D eigenvalue weighted by Gasteiger charge is 2.53. The van der Waals surface area contributed by atoms with E-state index in [1.54, 1.807) is 0 Å². The molecule has 0 spiro atoms. The third-order valence-corrected chi connectivity index (χ3v) is 5.11. The lowest BCUT2D eigenvalue weighted by Gasteiger charge is -2.23. The van der Waals surface area contributed by atoms with E-state index in [-0.39, 0.29) is 30.1 Å². The van der Waals surface area contributed by atoms with Crippen LogP contribution >= 0.6 is 0 Å². The number of benzene rings is 1. The Labute approximate surface area is 143 Å². The molecule has 0 radical (unpaired) electrons. The summed E-state index contributed by atoms with van der Waals surface area (Å²) in [5.74, 6) is -2.07. The molecular weight excluding hydrogens is 337 g/mol. The van der Waals surface area contributed by atoms with Gasteiger partial charge < -0.3 is 9.47 Å². The Morgan fingerprint density at radius 1 is 1.20 bits per heavy atom. The van der Waals surface area contributed by atoms with Crippen molar-refractivity contribution in [2.24, 2.45) is 17.8 Å². The van der Waals surface area contributed by atoms with Crippen molar-refractivity contribution in [1.29, 1.82) is 0 Å². The van der Waals surface area contributed by atoms with Crippen LogP contribution in [-0.4, -0.2) is 24.4 Å². The van der Waals surface area contributed by atoms with Gasteiger partial charge in [-0.1, -0.05) is 30.3 Å². The molecule has 1 heterocycles. The number of halogens is 3. The molecule has 136 valence electrons. The van der Waals surface area contributed by atoms with Crippen molar-refractivity contribution in [1.82, 2.24) is 0 Å². The summed E-state index contributed by atoms with van der Waals surface area (Å²) in [6.07, 6.45) is -2.89. The predicted octanol–water partition coefficient (Wildman–Crippen LogP) is 3.64. The summed E-state index contributed by atoms with van der Waals surface area (Å²) in [5, 5.41) is 0. The fourth-order valence-electron chi connectivity index (χ4n) is 3.95. The smallest absolute Gasteiger partial charge is 0.447 e. The lowest BCUT2D eigenvalue weighted by molar-refractivity contribution is -0.306.